The third kappa shape index (κ3) is 4.41. The Balaban J connectivity index is 1.47. The van der Waals surface area contributed by atoms with Crippen LogP contribution in [0.15, 0.2) is 36.8 Å². The smallest absolute Gasteiger partial charge is 0.404 e. The van der Waals surface area contributed by atoms with Crippen molar-refractivity contribution in [3.8, 4) is 11.8 Å². The highest BCUT2D eigenvalue weighted by Crippen LogP contribution is 2.45. The maximum absolute atomic E-state index is 12.3. The molecule has 1 saturated heterocycles. The molecule has 16 heteroatoms. The quantitative estimate of drug-likeness (QED) is 0.201. The lowest BCUT2D eigenvalue weighted by Crippen LogP contribution is -2.33. The summed E-state index contributed by atoms with van der Waals surface area (Å²) in [4.78, 5) is 27.9. The molecule has 1 aliphatic rings. The van der Waals surface area contributed by atoms with Crippen molar-refractivity contribution in [2.45, 2.75) is 24.5 Å². The Labute approximate surface area is 190 Å². The van der Waals surface area contributed by atoms with Crippen LogP contribution in [0.3, 0.4) is 0 Å². The van der Waals surface area contributed by atoms with E-state index in [1.54, 1.807) is 0 Å². The first-order chi connectivity index (χ1) is 16.1. The molecule has 0 saturated carbocycles. The molecule has 2 aromatic heterocycles. The van der Waals surface area contributed by atoms with Crippen LogP contribution >= 0.6 is 7.82 Å². The van der Waals surface area contributed by atoms with Crippen LogP contribution in [0.25, 0.3) is 11.0 Å². The summed E-state index contributed by atoms with van der Waals surface area (Å²) in [6, 6.07) is 6.32. The Morgan fingerprint density at radius 2 is 2.00 bits per heavy atom. The van der Waals surface area contributed by atoms with E-state index in [1.807, 2.05) is 6.07 Å². The van der Waals surface area contributed by atoms with E-state index in [1.165, 1.54) is 10.8 Å². The Morgan fingerprint density at radius 1 is 1.29 bits per heavy atom. The number of fused-ring (bicyclic) bond motifs is 1. The molecule has 3 heterocycles. The summed E-state index contributed by atoms with van der Waals surface area (Å²) in [5, 5.41) is 41.2. The van der Waals surface area contributed by atoms with Gasteiger partial charge in [0, 0.05) is 18.3 Å². The maximum atomic E-state index is 12.3. The average Bonchev–Trinajstić information content (AvgIpc) is 3.31. The van der Waals surface area contributed by atoms with E-state index in [0.717, 1.165) is 30.6 Å². The molecular formula is C18H17N6O9P. The molecular weight excluding hydrogens is 475 g/mol. The topological polar surface area (TPSA) is 229 Å². The third-order valence-corrected chi connectivity index (χ3v) is 5.96. The number of nitrogens with two attached hydrogens (primary N) is 1. The van der Waals surface area contributed by atoms with E-state index >= 15 is 0 Å². The highest BCUT2D eigenvalue weighted by Gasteiger charge is 2.45. The van der Waals surface area contributed by atoms with Gasteiger partial charge in [0.15, 0.2) is 6.23 Å². The Hall–Kier alpha value is -3.64. The Bertz CT molecular complexity index is 1320. The number of nitrogens with zero attached hydrogens (tertiary/aromatic N) is 5. The number of nitriles is 1. The molecule has 0 spiro atoms. The predicted molar refractivity (Wildman–Crippen MR) is 112 cm³/mol. The number of rotatable bonds is 7. The fraction of sp³-hybridized carbons (Fsp3) is 0.278. The molecule has 0 amide bonds. The molecule has 3 aromatic rings. The second-order valence-electron chi connectivity index (χ2n) is 7.17. The number of ether oxygens (including phenoxy) is 1. The van der Waals surface area contributed by atoms with Crippen LogP contribution in [0.5, 0.6) is 5.75 Å². The maximum Gasteiger partial charge on any atom is 0.527 e. The minimum absolute atomic E-state index is 0.0397. The number of aliphatic hydroxyl groups excluding tert-OH is 2. The number of phosphoric acid groups is 1. The first-order valence-electron chi connectivity index (χ1n) is 9.55. The van der Waals surface area contributed by atoms with Gasteiger partial charge in [0.1, 0.15) is 47.9 Å². The number of phosphoric ester groups is 1. The molecule has 4 rings (SSSR count). The number of benzene rings is 1. The van der Waals surface area contributed by atoms with Crippen molar-refractivity contribution >= 4 is 30.4 Å². The van der Waals surface area contributed by atoms with Gasteiger partial charge in [0.2, 0.25) is 0 Å². The molecule has 5 N–H and O–H groups in total. The molecule has 0 radical (unpaired) electrons. The molecule has 1 aliphatic heterocycles. The van der Waals surface area contributed by atoms with Crippen molar-refractivity contribution in [2.24, 2.45) is 0 Å². The molecule has 2 unspecified atom stereocenters. The van der Waals surface area contributed by atoms with Gasteiger partial charge in [-0.2, -0.15) is 5.26 Å². The van der Waals surface area contributed by atoms with Crippen molar-refractivity contribution in [1.82, 2.24) is 14.5 Å². The first kappa shape index (κ1) is 23.5. The number of aliphatic hydroxyl groups is 2. The lowest BCUT2D eigenvalue weighted by atomic mass is 10.1. The minimum Gasteiger partial charge on any atom is -0.404 e. The van der Waals surface area contributed by atoms with Crippen molar-refractivity contribution in [1.29, 1.82) is 5.26 Å². The zero-order chi connectivity index (χ0) is 24.6. The van der Waals surface area contributed by atoms with Gasteiger partial charge < -0.3 is 29.8 Å². The summed E-state index contributed by atoms with van der Waals surface area (Å²) in [6.07, 6.45) is -3.05. The van der Waals surface area contributed by atoms with Crippen LogP contribution in [-0.2, 0) is 13.8 Å². The number of aromatic nitrogens is 3. The van der Waals surface area contributed by atoms with E-state index < -0.39 is 43.9 Å². The van der Waals surface area contributed by atoms with Gasteiger partial charge >= 0.3 is 7.82 Å². The molecule has 1 aromatic carbocycles. The first-order valence-corrected chi connectivity index (χ1v) is 11.0. The van der Waals surface area contributed by atoms with E-state index in [-0.39, 0.29) is 33.9 Å². The van der Waals surface area contributed by atoms with E-state index in [9.17, 15) is 35.0 Å². The molecule has 5 atom stereocenters. The zero-order valence-electron chi connectivity index (χ0n) is 17.0. The van der Waals surface area contributed by atoms with E-state index in [2.05, 4.69) is 9.97 Å². The molecule has 15 nitrogen and oxygen atoms in total. The van der Waals surface area contributed by atoms with E-state index in [0.29, 0.717) is 0 Å². The molecule has 1 fully saturated rings. The fourth-order valence-electron chi connectivity index (χ4n) is 3.44. The molecule has 0 bridgehead atoms. The van der Waals surface area contributed by atoms with Gasteiger partial charge in [0.25, 0.3) is 5.69 Å². The summed E-state index contributed by atoms with van der Waals surface area (Å²) in [7, 11) is -4.72. The number of non-ortho nitro benzene ring substituents is 1. The van der Waals surface area contributed by atoms with Crippen molar-refractivity contribution in [2.75, 3.05) is 12.3 Å². The standard InChI is InChI=1S/C18H17N6O9P/c19-5-9-6-23(17-13(9)16(20)21-8-22-17)18-15(26)14(25)12(32-18)7-31-34(29,30)33-11-3-1-10(2-4-11)24(27)28/h1-4,6,8,12,14-15,18,25-26H,7H2,(H,29,30)(H2,20,21,22)/t12?,14-,15+,18+/m0/s1. The number of hydrogen-bond donors (Lipinski definition) is 4. The molecule has 34 heavy (non-hydrogen) atoms. The van der Waals surface area contributed by atoms with Crippen LogP contribution in [0, 0.1) is 21.4 Å². The SMILES string of the molecule is N#Cc1cn([C@@H]2OC(COP(=O)(O)Oc3ccc([N+](=O)[O-])cc3)[C@H](O)[C@H]2O)c2ncnc(N)c12. The number of nitrogen functional groups attached to an aromatic ring is 1. The highest BCUT2D eigenvalue weighted by molar-refractivity contribution is 7.47. The van der Waals surface area contributed by atoms with Gasteiger partial charge in [-0.05, 0) is 12.1 Å². The van der Waals surface area contributed by atoms with Gasteiger partial charge in [0.05, 0.1) is 22.5 Å². The monoisotopic (exact) mass is 492 g/mol. The van der Waals surface area contributed by atoms with Gasteiger partial charge in [-0.15, -0.1) is 0 Å². The van der Waals surface area contributed by atoms with Gasteiger partial charge in [-0.3, -0.25) is 19.5 Å². The summed E-state index contributed by atoms with van der Waals surface area (Å²) in [5.41, 5.74) is 5.88. The van der Waals surface area contributed by atoms with Crippen LogP contribution < -0.4 is 10.3 Å². The van der Waals surface area contributed by atoms with Crippen molar-refractivity contribution < 1.29 is 38.4 Å². The molecule has 0 aliphatic carbocycles. The number of nitro groups is 1. The lowest BCUT2D eigenvalue weighted by Gasteiger charge is -2.18. The zero-order valence-corrected chi connectivity index (χ0v) is 17.9. The van der Waals surface area contributed by atoms with Crippen LogP contribution in [0.4, 0.5) is 11.5 Å². The van der Waals surface area contributed by atoms with Crippen LogP contribution in [-0.4, -0.2) is 59.5 Å². The molecule has 178 valence electrons. The Kier molecular flexibility index (Phi) is 6.19. The summed E-state index contributed by atoms with van der Waals surface area (Å²) >= 11 is 0. The average molecular weight is 492 g/mol. The fourth-order valence-corrected chi connectivity index (χ4v) is 4.22. The summed E-state index contributed by atoms with van der Waals surface area (Å²) in [5.74, 6) is -0.125. The second-order valence-corrected chi connectivity index (χ2v) is 8.55. The number of hydrogen-bond acceptors (Lipinski definition) is 12. The van der Waals surface area contributed by atoms with E-state index in [4.69, 9.17) is 19.5 Å². The predicted octanol–water partition coefficient (Wildman–Crippen LogP) is 0.609. The second kappa shape index (κ2) is 8.95. The van der Waals surface area contributed by atoms with Crippen molar-refractivity contribution in [3.63, 3.8) is 0 Å². The van der Waals surface area contributed by atoms with Crippen LogP contribution in [0.1, 0.15) is 11.8 Å². The minimum atomic E-state index is -4.72. The van der Waals surface area contributed by atoms with Gasteiger partial charge in [-0.25, -0.2) is 14.5 Å². The largest absolute Gasteiger partial charge is 0.527 e. The highest BCUT2D eigenvalue weighted by atomic mass is 31.2. The van der Waals surface area contributed by atoms with Gasteiger partial charge in [-0.1, -0.05) is 0 Å². The lowest BCUT2D eigenvalue weighted by molar-refractivity contribution is -0.384. The summed E-state index contributed by atoms with van der Waals surface area (Å²) < 4.78 is 28.9. The number of nitro benzene ring substituents is 1. The van der Waals surface area contributed by atoms with Crippen LogP contribution in [0.2, 0.25) is 0 Å². The number of anilines is 1. The Morgan fingerprint density at radius 3 is 2.65 bits per heavy atom. The van der Waals surface area contributed by atoms with Crippen molar-refractivity contribution in [3.05, 3.63) is 52.5 Å². The normalized spacial score (nSPS) is 23.9. The third-order valence-electron chi connectivity index (χ3n) is 5.04. The summed E-state index contributed by atoms with van der Waals surface area (Å²) in [6.45, 7) is -0.656.